The lowest BCUT2D eigenvalue weighted by molar-refractivity contribution is -0.161. The number of esters is 4. The van der Waals surface area contributed by atoms with Crippen molar-refractivity contribution in [1.82, 2.24) is 0 Å². The Bertz CT molecular complexity index is 2170. The number of rotatable bonds is 96. The number of aliphatic hydroxyl groups is 1. The maximum absolute atomic E-state index is 13.2. The topological polar surface area (TPSA) is 237 Å². The third kappa shape index (κ3) is 88.2. The summed E-state index contributed by atoms with van der Waals surface area (Å²) in [6.45, 7) is 7.48. The van der Waals surface area contributed by atoms with E-state index < -0.39 is 97.5 Å². The largest absolute Gasteiger partial charge is 0.472 e. The number of carbonyl (C=O) groups excluding carboxylic acids is 4. The van der Waals surface area contributed by atoms with Gasteiger partial charge in [-0.1, -0.05) is 478 Å². The molecule has 3 unspecified atom stereocenters. The molecule has 0 heterocycles. The third-order valence-electron chi connectivity index (χ3n) is 23.1. The smallest absolute Gasteiger partial charge is 0.462 e. The molecule has 115 heavy (non-hydrogen) atoms. The quantitative estimate of drug-likeness (QED) is 0.0222. The van der Waals surface area contributed by atoms with Crippen LogP contribution in [-0.4, -0.2) is 96.7 Å². The summed E-state index contributed by atoms with van der Waals surface area (Å²) < 4.78 is 69.2. The van der Waals surface area contributed by atoms with Gasteiger partial charge >= 0.3 is 39.5 Å². The Morgan fingerprint density at radius 1 is 0.243 bits per heavy atom. The summed E-state index contributed by atoms with van der Waals surface area (Å²) in [5.74, 6) is -1.24. The number of unbranched alkanes of at least 4 members (excludes halogenated alkanes) is 67. The summed E-state index contributed by atoms with van der Waals surface area (Å²) in [4.78, 5) is 73.6. The Labute approximate surface area is 708 Å². The van der Waals surface area contributed by atoms with Gasteiger partial charge in [-0.15, -0.1) is 0 Å². The van der Waals surface area contributed by atoms with Crippen molar-refractivity contribution in [2.45, 2.75) is 547 Å². The van der Waals surface area contributed by atoms with E-state index in [0.29, 0.717) is 25.7 Å². The van der Waals surface area contributed by atoms with Gasteiger partial charge in [-0.3, -0.25) is 37.3 Å². The van der Waals surface area contributed by atoms with Gasteiger partial charge < -0.3 is 33.8 Å². The number of carbonyl (C=O) groups is 4. The molecule has 0 aromatic rings. The van der Waals surface area contributed by atoms with Crippen LogP contribution in [0.2, 0.25) is 0 Å². The molecule has 0 aliphatic rings. The maximum Gasteiger partial charge on any atom is 0.472 e. The lowest BCUT2D eigenvalue weighted by Gasteiger charge is -2.21. The van der Waals surface area contributed by atoms with Crippen LogP contribution in [0.3, 0.4) is 0 Å². The minimum absolute atomic E-state index is 0.109. The molecule has 3 N–H and O–H groups in total. The van der Waals surface area contributed by atoms with Crippen molar-refractivity contribution in [3.8, 4) is 0 Å². The van der Waals surface area contributed by atoms with Gasteiger partial charge in [-0.05, 0) is 31.6 Å². The van der Waals surface area contributed by atoms with Gasteiger partial charge in [-0.25, -0.2) is 9.13 Å². The summed E-state index contributed by atoms with van der Waals surface area (Å²) in [6, 6.07) is 0. The van der Waals surface area contributed by atoms with Crippen molar-refractivity contribution >= 4 is 39.5 Å². The lowest BCUT2D eigenvalue weighted by atomic mass is 9.99. The summed E-state index contributed by atoms with van der Waals surface area (Å²) >= 11 is 0. The van der Waals surface area contributed by atoms with E-state index in [0.717, 1.165) is 95.8 Å². The van der Waals surface area contributed by atoms with Crippen molar-refractivity contribution in [1.29, 1.82) is 0 Å². The lowest BCUT2D eigenvalue weighted by Crippen LogP contribution is -2.30. The molecule has 0 aliphatic heterocycles. The molecule has 6 atom stereocenters. The van der Waals surface area contributed by atoms with Gasteiger partial charge in [0.05, 0.1) is 26.4 Å². The van der Waals surface area contributed by atoms with E-state index in [1.807, 2.05) is 0 Å². The average molecular weight is 1680 g/mol. The molecule has 0 spiro atoms. The normalized spacial score (nSPS) is 13.8. The highest BCUT2D eigenvalue weighted by Gasteiger charge is 2.31. The number of hydrogen-bond donors (Lipinski definition) is 3. The minimum Gasteiger partial charge on any atom is -0.462 e. The van der Waals surface area contributed by atoms with Crippen molar-refractivity contribution in [2.24, 2.45) is 5.92 Å². The van der Waals surface area contributed by atoms with Crippen molar-refractivity contribution in [3.05, 3.63) is 0 Å². The molecule has 0 aromatic heterocycles. The van der Waals surface area contributed by atoms with E-state index in [1.165, 1.54) is 353 Å². The zero-order chi connectivity index (χ0) is 84.0. The van der Waals surface area contributed by atoms with Gasteiger partial charge in [0, 0.05) is 25.7 Å². The van der Waals surface area contributed by atoms with Crippen LogP contribution in [0.5, 0.6) is 0 Å². The fourth-order valence-electron chi connectivity index (χ4n) is 15.2. The van der Waals surface area contributed by atoms with Crippen LogP contribution >= 0.6 is 15.6 Å². The summed E-state index contributed by atoms with van der Waals surface area (Å²) in [5, 5.41) is 10.7. The van der Waals surface area contributed by atoms with E-state index in [2.05, 4.69) is 34.6 Å². The monoisotopic (exact) mass is 1680 g/mol. The average Bonchev–Trinajstić information content (AvgIpc) is 0.895. The molecule has 17 nitrogen and oxygen atoms in total. The SMILES string of the molecule is CCCCCCCCCCCCCCCCCCCCCCCCC(=O)OC[C@H](COP(=O)(O)OC[C@@H](O)COP(=O)(O)OC[C@@H](COC(=O)CCCCCCCCCCCCCCC)OC(=O)CCCCCCCCCCCCCCCCC(C)CC)OC(=O)CCCCCCCCCCCCCCCCCCCCCCCC. The highest BCUT2D eigenvalue weighted by Crippen LogP contribution is 2.45. The van der Waals surface area contributed by atoms with Gasteiger partial charge in [-0.2, -0.15) is 0 Å². The van der Waals surface area contributed by atoms with Crippen molar-refractivity contribution in [3.63, 3.8) is 0 Å². The van der Waals surface area contributed by atoms with Crippen molar-refractivity contribution in [2.75, 3.05) is 39.6 Å². The first-order valence-corrected chi connectivity index (χ1v) is 52.7. The Morgan fingerprint density at radius 3 is 0.617 bits per heavy atom. The Hall–Kier alpha value is -1.94. The number of ether oxygens (including phenoxy) is 4. The van der Waals surface area contributed by atoms with Crippen LogP contribution < -0.4 is 0 Å². The molecule has 0 saturated heterocycles. The summed E-state index contributed by atoms with van der Waals surface area (Å²) in [7, 11) is -9.94. The van der Waals surface area contributed by atoms with E-state index in [9.17, 15) is 43.2 Å². The highest BCUT2D eigenvalue weighted by atomic mass is 31.2. The number of hydrogen-bond acceptors (Lipinski definition) is 15. The third-order valence-corrected chi connectivity index (χ3v) is 25.0. The molecule has 0 aromatic carbocycles. The Kier molecular flexibility index (Phi) is 86.9. The van der Waals surface area contributed by atoms with Crippen molar-refractivity contribution < 1.29 is 80.2 Å². The Balaban J connectivity index is 5.25. The van der Waals surface area contributed by atoms with Crippen LogP contribution in [0.4, 0.5) is 0 Å². The first-order valence-electron chi connectivity index (χ1n) is 49.7. The molecule has 0 rings (SSSR count). The van der Waals surface area contributed by atoms with E-state index in [4.69, 9.17) is 37.0 Å². The molecular weight excluding hydrogens is 1490 g/mol. The van der Waals surface area contributed by atoms with Crippen LogP contribution in [0.15, 0.2) is 0 Å². The first-order chi connectivity index (χ1) is 56.1. The zero-order valence-electron chi connectivity index (χ0n) is 76.0. The van der Waals surface area contributed by atoms with Crippen LogP contribution in [-0.2, 0) is 65.4 Å². The number of phosphoric ester groups is 2. The second kappa shape index (κ2) is 88.4. The molecular formula is C96H188O17P2. The van der Waals surface area contributed by atoms with Crippen LogP contribution in [0.1, 0.15) is 529 Å². The van der Waals surface area contributed by atoms with Gasteiger partial charge in [0.1, 0.15) is 19.3 Å². The second-order valence-corrected chi connectivity index (χ2v) is 37.6. The van der Waals surface area contributed by atoms with Gasteiger partial charge in [0.15, 0.2) is 12.2 Å². The highest BCUT2D eigenvalue weighted by molar-refractivity contribution is 7.47. The number of aliphatic hydroxyl groups excluding tert-OH is 1. The van der Waals surface area contributed by atoms with E-state index >= 15 is 0 Å². The molecule has 684 valence electrons. The molecule has 0 radical (unpaired) electrons. The molecule has 0 fully saturated rings. The molecule has 0 bridgehead atoms. The molecule has 0 saturated carbocycles. The standard InChI is InChI=1S/C96H188O17P2/c1-6-10-13-16-19-22-25-28-30-32-34-36-38-40-42-44-50-55-60-65-70-75-80-94(99)107-86-92(112-95(100)81-76-71-66-61-56-51-45-43-41-39-37-35-33-31-29-26-23-20-17-14-11-7-2)88-111-115(104,105)109-84-90(97)83-108-114(102,103)110-87-91(85-106-93(98)79-74-69-64-59-54-48-27-24-21-18-15-12-8-3)113-96(101)82-77-72-67-62-57-52-47-46-49-53-58-63-68-73-78-89(5)9-4/h89-92,97H,6-88H2,1-5H3,(H,102,103)(H,104,105)/t89?,90-,91+,92+/m0/s1. The predicted octanol–water partition coefficient (Wildman–Crippen LogP) is 30.3. The minimum atomic E-state index is -4.97. The zero-order valence-corrected chi connectivity index (χ0v) is 77.7. The maximum atomic E-state index is 13.2. The van der Waals surface area contributed by atoms with Gasteiger partial charge in [0.2, 0.25) is 0 Å². The van der Waals surface area contributed by atoms with Crippen LogP contribution in [0.25, 0.3) is 0 Å². The summed E-state index contributed by atoms with van der Waals surface area (Å²) in [6.07, 6.45) is 86.3. The van der Waals surface area contributed by atoms with E-state index in [1.54, 1.807) is 0 Å². The molecule has 0 amide bonds. The molecule has 19 heteroatoms. The fourth-order valence-corrected chi connectivity index (χ4v) is 16.8. The van der Waals surface area contributed by atoms with E-state index in [-0.39, 0.29) is 25.7 Å². The van der Waals surface area contributed by atoms with Gasteiger partial charge in [0.25, 0.3) is 0 Å². The second-order valence-electron chi connectivity index (χ2n) is 34.7. The number of phosphoric acid groups is 2. The first kappa shape index (κ1) is 113. The van der Waals surface area contributed by atoms with Crippen LogP contribution in [0, 0.1) is 5.92 Å². The summed E-state index contributed by atoms with van der Waals surface area (Å²) in [5.41, 5.74) is 0. The Morgan fingerprint density at radius 2 is 0.417 bits per heavy atom. The molecule has 0 aliphatic carbocycles. The predicted molar refractivity (Wildman–Crippen MR) is 479 cm³/mol. The fraction of sp³-hybridized carbons (Fsp3) is 0.958.